The maximum Gasteiger partial charge on any atom is 0.280 e. The Hall–Kier alpha value is -3.80. The number of hydrogen-bond donors (Lipinski definition) is 1. The summed E-state index contributed by atoms with van der Waals surface area (Å²) in [7, 11) is 0. The Bertz CT molecular complexity index is 1250. The Balaban J connectivity index is 1.58. The summed E-state index contributed by atoms with van der Waals surface area (Å²) in [6, 6.07) is 11.3. The summed E-state index contributed by atoms with van der Waals surface area (Å²) in [4.78, 5) is 20.3. The number of aryl methyl sites for hydroxylation is 1. The van der Waals surface area contributed by atoms with Gasteiger partial charge in [0.05, 0.1) is 21.7 Å². The van der Waals surface area contributed by atoms with E-state index in [1.165, 1.54) is 0 Å². The molecular weight excluding hydrogens is 352 g/mol. The zero-order chi connectivity index (χ0) is 19.3. The summed E-state index contributed by atoms with van der Waals surface area (Å²) < 4.78 is 0. The highest BCUT2D eigenvalue weighted by Crippen LogP contribution is 2.40. The molecule has 1 aromatic heterocycles. The van der Waals surface area contributed by atoms with Gasteiger partial charge in [-0.05, 0) is 37.3 Å². The van der Waals surface area contributed by atoms with Gasteiger partial charge >= 0.3 is 0 Å². The summed E-state index contributed by atoms with van der Waals surface area (Å²) in [5.41, 5.74) is 5.92. The lowest BCUT2D eigenvalue weighted by atomic mass is 9.97. The molecule has 2 aromatic carbocycles. The monoisotopic (exact) mass is 368 g/mol. The number of pyridine rings is 1. The van der Waals surface area contributed by atoms with Crippen molar-refractivity contribution < 1.29 is 4.92 Å². The zero-order valence-electron chi connectivity index (χ0n) is 15.1. The molecule has 3 aromatic rings. The second kappa shape index (κ2) is 6.13. The smallest absolute Gasteiger partial charge is 0.280 e. The maximum atomic E-state index is 11.5. The van der Waals surface area contributed by atoms with Gasteiger partial charge in [-0.15, -0.1) is 0 Å². The van der Waals surface area contributed by atoms with Gasteiger partial charge in [0, 0.05) is 40.4 Å². The van der Waals surface area contributed by atoms with E-state index in [0.717, 1.165) is 40.0 Å². The van der Waals surface area contributed by atoms with Crippen LogP contribution in [0.15, 0.2) is 65.8 Å². The molecule has 1 N–H and O–H groups in total. The molecule has 6 nitrogen and oxygen atoms in total. The largest absolute Gasteiger partial charge is 0.340 e. The van der Waals surface area contributed by atoms with Gasteiger partial charge in [0.2, 0.25) is 0 Å². The molecular formula is C22H16N4O2. The fourth-order valence-corrected chi connectivity index (χ4v) is 3.80. The molecule has 5 rings (SSSR count). The SMILES string of the molecule is Cc1ccc2c(Nc3ccc4c(c3)C3=CC=CCC3=N4)nccc2c1[N+](=O)[O-]. The number of aromatic nitrogens is 1. The molecule has 0 amide bonds. The summed E-state index contributed by atoms with van der Waals surface area (Å²) in [6.07, 6.45) is 8.68. The number of fused-ring (bicyclic) bond motifs is 4. The minimum atomic E-state index is -0.335. The first-order valence-electron chi connectivity index (χ1n) is 9.01. The van der Waals surface area contributed by atoms with Crippen molar-refractivity contribution in [2.45, 2.75) is 13.3 Å². The minimum Gasteiger partial charge on any atom is -0.340 e. The van der Waals surface area contributed by atoms with E-state index >= 15 is 0 Å². The lowest BCUT2D eigenvalue weighted by molar-refractivity contribution is -0.383. The van der Waals surface area contributed by atoms with Gasteiger partial charge in [-0.1, -0.05) is 24.3 Å². The van der Waals surface area contributed by atoms with Gasteiger partial charge in [0.25, 0.3) is 5.69 Å². The van der Waals surface area contributed by atoms with Crippen LogP contribution in [0.1, 0.15) is 17.5 Å². The quantitative estimate of drug-likeness (QED) is 0.480. The van der Waals surface area contributed by atoms with Crippen LogP contribution in [-0.4, -0.2) is 15.6 Å². The van der Waals surface area contributed by atoms with Gasteiger partial charge in [-0.3, -0.25) is 15.1 Å². The average Bonchev–Trinajstić information content (AvgIpc) is 3.06. The van der Waals surface area contributed by atoms with Crippen molar-refractivity contribution in [3.63, 3.8) is 0 Å². The van der Waals surface area contributed by atoms with Crippen LogP contribution in [0.5, 0.6) is 0 Å². The highest BCUT2D eigenvalue weighted by molar-refractivity contribution is 6.30. The molecule has 0 bridgehead atoms. The number of nitro benzene ring substituents is 1. The summed E-state index contributed by atoms with van der Waals surface area (Å²) in [6.45, 7) is 1.75. The van der Waals surface area contributed by atoms with Crippen molar-refractivity contribution in [1.29, 1.82) is 0 Å². The van der Waals surface area contributed by atoms with E-state index in [0.29, 0.717) is 16.8 Å². The Labute approximate surface area is 161 Å². The number of hydrogen-bond acceptors (Lipinski definition) is 5. The van der Waals surface area contributed by atoms with E-state index in [4.69, 9.17) is 4.99 Å². The molecule has 28 heavy (non-hydrogen) atoms. The molecule has 0 radical (unpaired) electrons. The molecule has 0 spiro atoms. The average molecular weight is 368 g/mol. The molecule has 136 valence electrons. The second-order valence-corrected chi connectivity index (χ2v) is 6.87. The molecule has 1 aliphatic carbocycles. The highest BCUT2D eigenvalue weighted by atomic mass is 16.6. The lowest BCUT2D eigenvalue weighted by Crippen LogP contribution is -2.00. The van der Waals surface area contributed by atoms with Crippen LogP contribution in [0.25, 0.3) is 16.3 Å². The Morgan fingerprint density at radius 1 is 1.14 bits per heavy atom. The molecule has 0 saturated heterocycles. The van der Waals surface area contributed by atoms with Gasteiger partial charge < -0.3 is 5.32 Å². The molecule has 2 aliphatic rings. The fraction of sp³-hybridized carbons (Fsp3) is 0.0909. The van der Waals surface area contributed by atoms with Crippen molar-refractivity contribution in [2.75, 3.05) is 5.32 Å². The van der Waals surface area contributed by atoms with Gasteiger partial charge in [-0.25, -0.2) is 4.98 Å². The molecule has 0 atom stereocenters. The van der Waals surface area contributed by atoms with Crippen LogP contribution in [0, 0.1) is 17.0 Å². The highest BCUT2D eigenvalue weighted by Gasteiger charge is 2.22. The molecule has 2 heterocycles. The number of nitrogens with zero attached hydrogens (tertiary/aromatic N) is 3. The van der Waals surface area contributed by atoms with E-state index in [9.17, 15) is 10.1 Å². The van der Waals surface area contributed by atoms with Gasteiger partial charge in [-0.2, -0.15) is 0 Å². The first-order chi connectivity index (χ1) is 13.6. The van der Waals surface area contributed by atoms with Crippen molar-refractivity contribution in [3.05, 3.63) is 82.1 Å². The van der Waals surface area contributed by atoms with Gasteiger partial charge in [0.1, 0.15) is 5.82 Å². The number of nitro groups is 1. The number of aliphatic imine (C=N–C) groups is 1. The minimum absolute atomic E-state index is 0.120. The van der Waals surface area contributed by atoms with Crippen molar-refractivity contribution >= 4 is 44.9 Å². The third kappa shape index (κ3) is 2.50. The lowest BCUT2D eigenvalue weighted by Gasteiger charge is -2.12. The zero-order valence-corrected chi connectivity index (χ0v) is 15.1. The first kappa shape index (κ1) is 16.4. The van der Waals surface area contributed by atoms with Crippen LogP contribution in [0.3, 0.4) is 0 Å². The van der Waals surface area contributed by atoms with Crippen LogP contribution in [0.2, 0.25) is 0 Å². The topological polar surface area (TPSA) is 80.4 Å². The molecule has 6 heteroatoms. The predicted octanol–water partition coefficient (Wildman–Crippen LogP) is 5.62. The number of anilines is 2. The number of benzene rings is 2. The Morgan fingerprint density at radius 2 is 2.04 bits per heavy atom. The van der Waals surface area contributed by atoms with Crippen LogP contribution < -0.4 is 5.32 Å². The van der Waals surface area contributed by atoms with Crippen molar-refractivity contribution in [2.24, 2.45) is 4.99 Å². The molecule has 0 fully saturated rings. The number of rotatable bonds is 3. The van der Waals surface area contributed by atoms with E-state index < -0.39 is 0 Å². The maximum absolute atomic E-state index is 11.5. The van der Waals surface area contributed by atoms with Gasteiger partial charge in [0.15, 0.2) is 0 Å². The molecule has 0 saturated carbocycles. The number of allylic oxidation sites excluding steroid dienone is 4. The third-order valence-electron chi connectivity index (χ3n) is 5.13. The summed E-state index contributed by atoms with van der Waals surface area (Å²) in [5.74, 6) is 0.595. The van der Waals surface area contributed by atoms with Crippen LogP contribution in [-0.2, 0) is 0 Å². The van der Waals surface area contributed by atoms with Crippen molar-refractivity contribution in [1.82, 2.24) is 4.98 Å². The van der Waals surface area contributed by atoms with E-state index in [1.54, 1.807) is 25.3 Å². The molecule has 0 unspecified atom stereocenters. The van der Waals surface area contributed by atoms with Crippen LogP contribution >= 0.6 is 0 Å². The van der Waals surface area contributed by atoms with Crippen molar-refractivity contribution in [3.8, 4) is 0 Å². The second-order valence-electron chi connectivity index (χ2n) is 6.87. The molecule has 1 aliphatic heterocycles. The predicted molar refractivity (Wildman–Crippen MR) is 112 cm³/mol. The number of nitrogens with one attached hydrogen (secondary N) is 1. The summed E-state index contributed by atoms with van der Waals surface area (Å²) >= 11 is 0. The van der Waals surface area contributed by atoms with E-state index in [-0.39, 0.29) is 10.6 Å². The van der Waals surface area contributed by atoms with Crippen LogP contribution in [0.4, 0.5) is 22.9 Å². The van der Waals surface area contributed by atoms with E-state index in [2.05, 4.69) is 34.6 Å². The summed E-state index contributed by atoms with van der Waals surface area (Å²) in [5, 5.41) is 16.1. The standard InChI is InChI=1S/C22H16N4O2/c1-13-6-8-17-16(21(13)26(27)28)10-11-23-22(17)24-14-7-9-20-18(12-14)15-4-2-3-5-19(15)25-20/h2-4,6-12H,5H2,1H3,(H,23,24). The normalized spacial score (nSPS) is 14.3. The fourth-order valence-electron chi connectivity index (χ4n) is 3.80. The Morgan fingerprint density at radius 3 is 2.89 bits per heavy atom. The van der Waals surface area contributed by atoms with E-state index in [1.807, 2.05) is 18.2 Å². The Kier molecular flexibility index (Phi) is 3.58. The third-order valence-corrected chi connectivity index (χ3v) is 5.13. The first-order valence-corrected chi connectivity index (χ1v) is 9.01.